The smallest absolute Gasteiger partial charge is 0.306 e. The fraction of sp³-hybridized carbons (Fsp3) is 0.789. The molecule has 0 aromatic heterocycles. The average Bonchev–Trinajstić information content (AvgIpc) is 3.24. The molecule has 6 heteroatoms. The molecule has 0 aromatic carbocycles. The number of unbranched alkanes of at least 4 members (excludes halogenated alkanes) is 2. The van der Waals surface area contributed by atoms with Gasteiger partial charge in [-0.05, 0) is 57.3 Å². The van der Waals surface area contributed by atoms with E-state index < -0.39 is 0 Å². The number of rotatable bonds is 9. The molecule has 3 rings (SSSR count). The zero-order valence-corrected chi connectivity index (χ0v) is 14.9. The molecule has 2 aliphatic carbocycles. The van der Waals surface area contributed by atoms with E-state index in [1.807, 2.05) is 0 Å². The maximum absolute atomic E-state index is 12.5. The Labute approximate surface area is 148 Å². The molecular weight excluding hydrogens is 322 g/mol. The number of nitrogens with zero attached hydrogens (tertiary/aromatic N) is 1. The molecule has 3 fully saturated rings. The second-order valence-corrected chi connectivity index (χ2v) is 7.70. The number of esters is 1. The molecule has 0 radical (unpaired) electrons. The second-order valence-electron chi connectivity index (χ2n) is 7.70. The Morgan fingerprint density at radius 3 is 2.24 bits per heavy atom. The lowest BCUT2D eigenvalue weighted by molar-refractivity contribution is -0.144. The van der Waals surface area contributed by atoms with Gasteiger partial charge in [0.15, 0.2) is 0 Å². The first-order chi connectivity index (χ1) is 12.0. The fourth-order valence-corrected chi connectivity index (χ4v) is 4.78. The number of carbonyl (C=O) groups is 4. The van der Waals surface area contributed by atoms with Crippen LogP contribution in [0.1, 0.15) is 58.3 Å². The van der Waals surface area contributed by atoms with Crippen LogP contribution >= 0.6 is 0 Å². The van der Waals surface area contributed by atoms with Gasteiger partial charge in [-0.1, -0.05) is 0 Å². The molecule has 1 saturated heterocycles. The van der Waals surface area contributed by atoms with Crippen molar-refractivity contribution in [2.75, 3.05) is 13.2 Å². The van der Waals surface area contributed by atoms with E-state index in [4.69, 9.17) is 4.74 Å². The zero-order valence-electron chi connectivity index (χ0n) is 14.9. The third-order valence-electron chi connectivity index (χ3n) is 5.99. The number of fused-ring (bicyclic) bond motifs is 5. The van der Waals surface area contributed by atoms with Crippen molar-refractivity contribution in [2.24, 2.45) is 23.7 Å². The van der Waals surface area contributed by atoms with Crippen molar-refractivity contribution < 1.29 is 23.9 Å². The SMILES string of the molecule is CC(=O)CCC(=O)OCCCCCN1C(=O)[C@@H]2[C@H]3CC[C@H](C3)[C@@H]2C1=O. The molecule has 4 atom stereocenters. The van der Waals surface area contributed by atoms with Crippen LogP contribution in [0.25, 0.3) is 0 Å². The van der Waals surface area contributed by atoms with Crippen molar-refractivity contribution in [3.8, 4) is 0 Å². The fourth-order valence-electron chi connectivity index (χ4n) is 4.78. The molecule has 0 N–H and O–H groups in total. The normalized spacial score (nSPS) is 30.0. The van der Waals surface area contributed by atoms with E-state index in [0.29, 0.717) is 31.4 Å². The first-order valence-corrected chi connectivity index (χ1v) is 9.49. The number of carbonyl (C=O) groups excluding carboxylic acids is 4. The molecule has 2 saturated carbocycles. The lowest BCUT2D eigenvalue weighted by atomic mass is 9.81. The van der Waals surface area contributed by atoms with Gasteiger partial charge >= 0.3 is 5.97 Å². The Morgan fingerprint density at radius 1 is 1.00 bits per heavy atom. The van der Waals surface area contributed by atoms with Crippen molar-refractivity contribution in [1.82, 2.24) is 4.90 Å². The molecule has 1 aliphatic heterocycles. The number of ketones is 1. The monoisotopic (exact) mass is 349 g/mol. The van der Waals surface area contributed by atoms with E-state index in [-0.39, 0.29) is 48.2 Å². The third-order valence-corrected chi connectivity index (χ3v) is 5.99. The lowest BCUT2D eigenvalue weighted by Crippen LogP contribution is -2.33. The van der Waals surface area contributed by atoms with Gasteiger partial charge in [0.25, 0.3) is 0 Å². The molecule has 25 heavy (non-hydrogen) atoms. The van der Waals surface area contributed by atoms with Crippen LogP contribution in [0.5, 0.6) is 0 Å². The van der Waals surface area contributed by atoms with Crippen molar-refractivity contribution in [3.05, 3.63) is 0 Å². The minimum absolute atomic E-state index is 0.0184. The molecule has 0 aromatic rings. The summed E-state index contributed by atoms with van der Waals surface area (Å²) in [6.07, 6.45) is 5.90. The van der Waals surface area contributed by atoms with Crippen LogP contribution in [0.4, 0.5) is 0 Å². The number of likely N-dealkylation sites (tertiary alicyclic amines) is 1. The van der Waals surface area contributed by atoms with Crippen LogP contribution in [-0.4, -0.2) is 41.6 Å². The van der Waals surface area contributed by atoms with Crippen molar-refractivity contribution in [3.63, 3.8) is 0 Å². The van der Waals surface area contributed by atoms with Crippen LogP contribution in [0, 0.1) is 23.7 Å². The van der Waals surface area contributed by atoms with E-state index >= 15 is 0 Å². The molecule has 6 nitrogen and oxygen atoms in total. The van der Waals surface area contributed by atoms with E-state index in [1.54, 1.807) is 0 Å². The van der Waals surface area contributed by atoms with Crippen LogP contribution in [0.15, 0.2) is 0 Å². The number of amides is 2. The predicted octanol–water partition coefficient (Wildman–Crippen LogP) is 2.10. The van der Waals surface area contributed by atoms with Crippen molar-refractivity contribution >= 4 is 23.6 Å². The van der Waals surface area contributed by atoms with Crippen LogP contribution in [0.2, 0.25) is 0 Å². The summed E-state index contributed by atoms with van der Waals surface area (Å²) in [5.74, 6) is 0.549. The summed E-state index contributed by atoms with van der Waals surface area (Å²) in [4.78, 5) is 48.7. The molecule has 2 amide bonds. The highest BCUT2D eigenvalue weighted by Crippen LogP contribution is 2.56. The summed E-state index contributed by atoms with van der Waals surface area (Å²) in [6, 6.07) is 0. The minimum Gasteiger partial charge on any atom is -0.466 e. The summed E-state index contributed by atoms with van der Waals surface area (Å²) in [5.41, 5.74) is 0. The molecule has 0 spiro atoms. The van der Waals surface area contributed by atoms with Crippen LogP contribution < -0.4 is 0 Å². The number of imide groups is 1. The topological polar surface area (TPSA) is 80.8 Å². The number of hydrogen-bond acceptors (Lipinski definition) is 5. The van der Waals surface area contributed by atoms with Gasteiger partial charge < -0.3 is 9.53 Å². The van der Waals surface area contributed by atoms with Gasteiger partial charge in [0.2, 0.25) is 11.8 Å². The molecular formula is C19H27NO5. The highest BCUT2D eigenvalue weighted by atomic mass is 16.5. The average molecular weight is 349 g/mol. The largest absolute Gasteiger partial charge is 0.466 e. The Morgan fingerprint density at radius 2 is 1.64 bits per heavy atom. The van der Waals surface area contributed by atoms with Gasteiger partial charge in [0.1, 0.15) is 5.78 Å². The number of ether oxygens (including phenoxy) is 1. The molecule has 2 bridgehead atoms. The van der Waals surface area contributed by atoms with Crippen molar-refractivity contribution in [2.45, 2.75) is 58.3 Å². The van der Waals surface area contributed by atoms with Crippen LogP contribution in [0.3, 0.4) is 0 Å². The van der Waals surface area contributed by atoms with E-state index in [2.05, 4.69) is 0 Å². The Hall–Kier alpha value is -1.72. The second kappa shape index (κ2) is 7.67. The first kappa shape index (κ1) is 18.1. The molecule has 3 aliphatic rings. The molecule has 0 unspecified atom stereocenters. The van der Waals surface area contributed by atoms with E-state index in [0.717, 1.165) is 32.1 Å². The Bertz CT molecular complexity index is 544. The maximum atomic E-state index is 12.5. The number of Topliss-reactive ketones (excluding diaryl/α,β-unsaturated/α-hetero) is 1. The minimum atomic E-state index is -0.344. The molecule has 1 heterocycles. The van der Waals surface area contributed by atoms with Gasteiger partial charge in [0, 0.05) is 13.0 Å². The van der Waals surface area contributed by atoms with E-state index in [9.17, 15) is 19.2 Å². The maximum Gasteiger partial charge on any atom is 0.306 e. The van der Waals surface area contributed by atoms with Gasteiger partial charge in [-0.25, -0.2) is 0 Å². The predicted molar refractivity (Wildman–Crippen MR) is 89.3 cm³/mol. The number of hydrogen-bond donors (Lipinski definition) is 0. The Balaban J connectivity index is 1.32. The Kier molecular flexibility index (Phi) is 5.54. The van der Waals surface area contributed by atoms with Gasteiger partial charge in [-0.2, -0.15) is 0 Å². The standard InChI is InChI=1S/C19H27NO5/c1-12(21)5-8-15(22)25-10-4-2-3-9-20-18(23)16-13-6-7-14(11-13)17(16)19(20)24/h13-14,16-17H,2-11H2,1H3/t13-,14+,16+,17-. The molecule has 138 valence electrons. The van der Waals surface area contributed by atoms with Gasteiger partial charge in [0.05, 0.1) is 24.9 Å². The van der Waals surface area contributed by atoms with Crippen LogP contribution in [-0.2, 0) is 23.9 Å². The quantitative estimate of drug-likeness (QED) is 0.362. The van der Waals surface area contributed by atoms with Gasteiger partial charge in [-0.3, -0.25) is 19.3 Å². The summed E-state index contributed by atoms with van der Waals surface area (Å²) >= 11 is 0. The third kappa shape index (κ3) is 3.77. The van der Waals surface area contributed by atoms with E-state index in [1.165, 1.54) is 11.8 Å². The van der Waals surface area contributed by atoms with Gasteiger partial charge in [-0.15, -0.1) is 0 Å². The summed E-state index contributed by atoms with van der Waals surface area (Å²) < 4.78 is 5.07. The summed E-state index contributed by atoms with van der Waals surface area (Å²) in [7, 11) is 0. The summed E-state index contributed by atoms with van der Waals surface area (Å²) in [5, 5.41) is 0. The first-order valence-electron chi connectivity index (χ1n) is 9.49. The lowest BCUT2D eigenvalue weighted by Gasteiger charge is -2.19. The highest BCUT2D eigenvalue weighted by Gasteiger charge is 2.60. The summed E-state index contributed by atoms with van der Waals surface area (Å²) in [6.45, 7) is 2.27. The highest BCUT2D eigenvalue weighted by molar-refractivity contribution is 6.06. The zero-order chi connectivity index (χ0) is 18.0. The van der Waals surface area contributed by atoms with Crippen molar-refractivity contribution in [1.29, 1.82) is 0 Å².